The Labute approximate surface area is 235 Å². The fraction of sp³-hybridized carbons (Fsp3) is 0.206. The Morgan fingerprint density at radius 1 is 0.750 bits per heavy atom. The van der Waals surface area contributed by atoms with Crippen molar-refractivity contribution in [2.75, 3.05) is 33.0 Å². The summed E-state index contributed by atoms with van der Waals surface area (Å²) in [4.78, 5) is 11.5. The fourth-order valence-electron chi connectivity index (χ4n) is 3.51. The van der Waals surface area contributed by atoms with E-state index in [1.807, 2.05) is 79.7 Å². The molecule has 0 unspecified atom stereocenters. The molecule has 40 heavy (non-hydrogen) atoms. The zero-order chi connectivity index (χ0) is 28.7. The average Bonchev–Trinajstić information content (AvgIpc) is 2.94. The second kappa shape index (κ2) is 15.9. The highest BCUT2D eigenvalue weighted by Gasteiger charge is 2.06. The van der Waals surface area contributed by atoms with Gasteiger partial charge in [-0.15, -0.1) is 0 Å². The van der Waals surface area contributed by atoms with Gasteiger partial charge in [0.05, 0.1) is 13.2 Å². The molecule has 0 saturated carbocycles. The molecule has 0 aliphatic rings. The van der Waals surface area contributed by atoms with Crippen molar-refractivity contribution in [3.05, 3.63) is 119 Å². The Kier molecular flexibility index (Phi) is 11.9. The predicted molar refractivity (Wildman–Crippen MR) is 160 cm³/mol. The Morgan fingerprint density at radius 3 is 1.93 bits per heavy atom. The molecule has 0 N–H and O–H groups in total. The molecule has 0 aliphatic carbocycles. The highest BCUT2D eigenvalue weighted by Crippen LogP contribution is 2.24. The largest absolute Gasteiger partial charge is 0.491 e. The third-order valence-electron chi connectivity index (χ3n) is 5.52. The molecule has 0 radical (unpaired) electrons. The van der Waals surface area contributed by atoms with Crippen molar-refractivity contribution in [1.82, 2.24) is 0 Å². The molecule has 0 amide bonds. The molecule has 0 aromatic heterocycles. The smallest absolute Gasteiger partial charge is 0.333 e. The van der Waals surface area contributed by atoms with Crippen molar-refractivity contribution in [1.29, 1.82) is 0 Å². The molecule has 3 aromatic carbocycles. The van der Waals surface area contributed by atoms with Crippen LogP contribution >= 0.6 is 0 Å². The van der Waals surface area contributed by atoms with Gasteiger partial charge >= 0.3 is 5.97 Å². The van der Waals surface area contributed by atoms with Crippen molar-refractivity contribution >= 4 is 30.3 Å². The lowest BCUT2D eigenvalue weighted by molar-refractivity contribution is -0.139. The Hall–Kier alpha value is -4.42. The SMILES string of the molecule is C=C(C)COCCOc1ccccc1C=Cc1ccc(C=Cc2ccccc2OCCOC(=O)C(=C)C)cc1F. The van der Waals surface area contributed by atoms with Crippen LogP contribution < -0.4 is 9.47 Å². The number of esters is 1. The summed E-state index contributed by atoms with van der Waals surface area (Å²) >= 11 is 0. The van der Waals surface area contributed by atoms with Crippen LogP contribution in [0.25, 0.3) is 24.3 Å². The highest BCUT2D eigenvalue weighted by molar-refractivity contribution is 5.86. The number of para-hydroxylation sites is 2. The zero-order valence-corrected chi connectivity index (χ0v) is 23.0. The topological polar surface area (TPSA) is 54.0 Å². The van der Waals surface area contributed by atoms with E-state index in [4.69, 9.17) is 18.9 Å². The summed E-state index contributed by atoms with van der Waals surface area (Å²) in [6.45, 7) is 12.6. The van der Waals surface area contributed by atoms with Crippen molar-refractivity contribution < 1.29 is 28.1 Å². The first-order valence-electron chi connectivity index (χ1n) is 13.0. The highest BCUT2D eigenvalue weighted by atomic mass is 19.1. The Morgan fingerprint density at radius 2 is 1.32 bits per heavy atom. The van der Waals surface area contributed by atoms with Gasteiger partial charge in [0.25, 0.3) is 0 Å². The van der Waals surface area contributed by atoms with E-state index in [9.17, 15) is 9.18 Å². The van der Waals surface area contributed by atoms with Crippen molar-refractivity contribution in [2.45, 2.75) is 13.8 Å². The van der Waals surface area contributed by atoms with E-state index in [-0.39, 0.29) is 19.0 Å². The second-order valence-corrected chi connectivity index (χ2v) is 9.15. The number of carbonyl (C=O) groups is 1. The molecule has 0 saturated heterocycles. The van der Waals surface area contributed by atoms with Crippen LogP contribution in [0.3, 0.4) is 0 Å². The van der Waals surface area contributed by atoms with Crippen molar-refractivity contribution in [2.24, 2.45) is 0 Å². The van der Waals surface area contributed by atoms with Crippen LogP contribution in [0, 0.1) is 5.82 Å². The summed E-state index contributed by atoms with van der Waals surface area (Å²) in [5, 5.41) is 0. The van der Waals surface area contributed by atoms with Gasteiger partial charge in [-0.2, -0.15) is 0 Å². The van der Waals surface area contributed by atoms with E-state index in [1.54, 1.807) is 19.1 Å². The van der Waals surface area contributed by atoms with Gasteiger partial charge < -0.3 is 18.9 Å². The van der Waals surface area contributed by atoms with Gasteiger partial charge in [-0.25, -0.2) is 9.18 Å². The van der Waals surface area contributed by atoms with Crippen LogP contribution in [0.2, 0.25) is 0 Å². The van der Waals surface area contributed by atoms with E-state index in [0.717, 1.165) is 16.7 Å². The molecule has 6 heteroatoms. The fourth-order valence-corrected chi connectivity index (χ4v) is 3.51. The van der Waals surface area contributed by atoms with Crippen molar-refractivity contribution in [3.63, 3.8) is 0 Å². The molecule has 0 bridgehead atoms. The van der Waals surface area contributed by atoms with E-state index in [1.165, 1.54) is 6.07 Å². The minimum atomic E-state index is -0.449. The molecule has 0 fully saturated rings. The summed E-state index contributed by atoms with van der Waals surface area (Å²) in [5.41, 5.74) is 4.13. The summed E-state index contributed by atoms with van der Waals surface area (Å²) in [6.07, 6.45) is 7.23. The van der Waals surface area contributed by atoms with Gasteiger partial charge in [-0.3, -0.25) is 0 Å². The first-order chi connectivity index (χ1) is 19.3. The lowest BCUT2D eigenvalue weighted by atomic mass is 10.1. The lowest BCUT2D eigenvalue weighted by Crippen LogP contribution is -2.12. The molecule has 3 aromatic rings. The predicted octanol–water partition coefficient (Wildman–Crippen LogP) is 7.64. The number of ether oxygens (including phenoxy) is 4. The normalized spacial score (nSPS) is 11.1. The number of benzene rings is 3. The van der Waals surface area contributed by atoms with Gasteiger partial charge in [0.1, 0.15) is 37.1 Å². The first kappa shape index (κ1) is 30.1. The lowest BCUT2D eigenvalue weighted by Gasteiger charge is -2.10. The average molecular weight is 543 g/mol. The Bertz CT molecular complexity index is 1370. The Balaban J connectivity index is 1.61. The summed E-state index contributed by atoms with van der Waals surface area (Å²) in [6, 6.07) is 20.1. The molecule has 3 rings (SSSR count). The van der Waals surface area contributed by atoms with Gasteiger partial charge in [-0.05, 0) is 37.6 Å². The number of hydrogen-bond donors (Lipinski definition) is 0. The quantitative estimate of drug-likeness (QED) is 0.0650. The van der Waals surface area contributed by atoms with Crippen molar-refractivity contribution in [3.8, 4) is 11.5 Å². The van der Waals surface area contributed by atoms with Crippen LogP contribution in [0.4, 0.5) is 4.39 Å². The standard InChI is InChI=1S/C34H35FO5/c1-25(2)24-37-19-20-38-33-12-8-6-10-30(33)18-17-28-15-13-27(23-31(28)35)14-16-29-9-5-7-11-32(29)39-21-22-40-34(36)26(3)4/h5-18,23H,1,3,19-22,24H2,2,4H3. The number of rotatable bonds is 15. The van der Waals surface area contributed by atoms with E-state index in [0.29, 0.717) is 48.0 Å². The van der Waals surface area contributed by atoms with Crippen LogP contribution in [0.1, 0.15) is 36.1 Å². The van der Waals surface area contributed by atoms with Crippen LogP contribution in [0.5, 0.6) is 11.5 Å². The van der Waals surface area contributed by atoms with Gasteiger partial charge in [0, 0.05) is 22.3 Å². The monoisotopic (exact) mass is 542 g/mol. The van der Waals surface area contributed by atoms with Gasteiger partial charge in [0.2, 0.25) is 0 Å². The molecule has 0 aliphatic heterocycles. The van der Waals surface area contributed by atoms with E-state index >= 15 is 0 Å². The van der Waals surface area contributed by atoms with Gasteiger partial charge in [0.15, 0.2) is 0 Å². The van der Waals surface area contributed by atoms with E-state index < -0.39 is 5.97 Å². The van der Waals surface area contributed by atoms with Crippen LogP contribution in [-0.2, 0) is 14.3 Å². The summed E-state index contributed by atoms with van der Waals surface area (Å²) < 4.78 is 37.1. The maximum Gasteiger partial charge on any atom is 0.333 e. The van der Waals surface area contributed by atoms with E-state index in [2.05, 4.69) is 13.2 Å². The number of hydrogen-bond acceptors (Lipinski definition) is 5. The third-order valence-corrected chi connectivity index (χ3v) is 5.52. The molecule has 208 valence electrons. The molecule has 0 spiro atoms. The molecule has 5 nitrogen and oxygen atoms in total. The zero-order valence-electron chi connectivity index (χ0n) is 23.0. The molecule has 0 atom stereocenters. The summed E-state index contributed by atoms with van der Waals surface area (Å²) in [5.74, 6) is 0.546. The maximum absolute atomic E-state index is 14.9. The third kappa shape index (κ3) is 10.0. The van der Waals surface area contributed by atoms with Crippen LogP contribution in [0.15, 0.2) is 91.0 Å². The molecular formula is C34H35FO5. The number of carbonyl (C=O) groups excluding carboxylic acids is 1. The maximum atomic E-state index is 14.9. The first-order valence-corrected chi connectivity index (χ1v) is 13.0. The molecule has 0 heterocycles. The van der Waals surface area contributed by atoms with Crippen LogP contribution in [-0.4, -0.2) is 39.0 Å². The summed E-state index contributed by atoms with van der Waals surface area (Å²) in [7, 11) is 0. The second-order valence-electron chi connectivity index (χ2n) is 9.15. The minimum Gasteiger partial charge on any atom is -0.491 e. The minimum absolute atomic E-state index is 0.115. The van der Waals surface area contributed by atoms with Gasteiger partial charge in [-0.1, -0.05) is 91.6 Å². The number of halogens is 1. The molecular weight excluding hydrogens is 507 g/mol.